The predicted molar refractivity (Wildman–Crippen MR) is 110 cm³/mol. The van der Waals surface area contributed by atoms with Crippen LogP contribution in [0.2, 0.25) is 0 Å². The molecule has 2 aromatic carbocycles. The van der Waals surface area contributed by atoms with E-state index >= 15 is 0 Å². The molecule has 4 rings (SSSR count). The number of hydrogen-bond acceptors (Lipinski definition) is 2. The maximum absolute atomic E-state index is 13.1. The molecule has 0 bridgehead atoms. The van der Waals surface area contributed by atoms with E-state index in [0.717, 1.165) is 48.2 Å². The van der Waals surface area contributed by atoms with E-state index in [2.05, 4.69) is 23.3 Å². The highest BCUT2D eigenvalue weighted by molar-refractivity contribution is 5.98. The van der Waals surface area contributed by atoms with Crippen LogP contribution in [-0.2, 0) is 6.54 Å². The normalized spacial score (nSPS) is 15.5. The SMILES string of the molecule is CC(C)N1CCN(C(=O)c2ccc3c(ccn3Cc3ccc(F)cc3)c2)CC1. The van der Waals surface area contributed by atoms with Gasteiger partial charge in [0.15, 0.2) is 0 Å². The molecule has 0 unspecified atom stereocenters. The first-order valence-corrected chi connectivity index (χ1v) is 9.88. The number of fused-ring (bicyclic) bond motifs is 1. The lowest BCUT2D eigenvalue weighted by atomic mass is 10.1. The van der Waals surface area contributed by atoms with Gasteiger partial charge in [-0.15, -0.1) is 0 Å². The first kappa shape index (κ1) is 18.7. The van der Waals surface area contributed by atoms with Crippen LogP contribution >= 0.6 is 0 Å². The Hall–Kier alpha value is -2.66. The Balaban J connectivity index is 1.49. The number of aromatic nitrogens is 1. The highest BCUT2D eigenvalue weighted by Crippen LogP contribution is 2.21. The molecule has 1 aliphatic rings. The van der Waals surface area contributed by atoms with Crippen molar-refractivity contribution in [1.29, 1.82) is 0 Å². The standard InChI is InChI=1S/C23H26FN3O/c1-17(2)25-11-13-26(14-12-25)23(28)20-5-8-22-19(15-20)9-10-27(22)16-18-3-6-21(24)7-4-18/h3-10,15,17H,11-14,16H2,1-2H3. The molecule has 0 radical (unpaired) electrons. The van der Waals surface area contributed by atoms with Crippen molar-refractivity contribution in [2.45, 2.75) is 26.4 Å². The van der Waals surface area contributed by atoms with Crippen molar-refractivity contribution in [1.82, 2.24) is 14.4 Å². The van der Waals surface area contributed by atoms with Crippen LogP contribution < -0.4 is 0 Å². The lowest BCUT2D eigenvalue weighted by Gasteiger charge is -2.37. The van der Waals surface area contributed by atoms with E-state index in [4.69, 9.17) is 0 Å². The topological polar surface area (TPSA) is 28.5 Å². The van der Waals surface area contributed by atoms with Crippen LogP contribution in [0.4, 0.5) is 4.39 Å². The van der Waals surface area contributed by atoms with E-state index < -0.39 is 0 Å². The Kier molecular flexibility index (Phi) is 5.18. The van der Waals surface area contributed by atoms with Crippen LogP contribution in [0.15, 0.2) is 54.7 Å². The fraction of sp³-hybridized carbons (Fsp3) is 0.348. The predicted octanol–water partition coefficient (Wildman–Crippen LogP) is 3.99. The van der Waals surface area contributed by atoms with Gasteiger partial charge in [-0.25, -0.2) is 4.39 Å². The second kappa shape index (κ2) is 7.76. The summed E-state index contributed by atoms with van der Waals surface area (Å²) in [5.41, 5.74) is 2.86. The maximum Gasteiger partial charge on any atom is 0.253 e. The number of carbonyl (C=O) groups is 1. The highest BCUT2D eigenvalue weighted by Gasteiger charge is 2.23. The van der Waals surface area contributed by atoms with Gasteiger partial charge in [0.2, 0.25) is 0 Å². The van der Waals surface area contributed by atoms with E-state index in [-0.39, 0.29) is 11.7 Å². The third-order valence-electron chi connectivity index (χ3n) is 5.62. The number of carbonyl (C=O) groups excluding carboxylic acids is 1. The van der Waals surface area contributed by atoms with Crippen LogP contribution in [0.1, 0.15) is 29.8 Å². The minimum atomic E-state index is -0.224. The average Bonchev–Trinajstić information content (AvgIpc) is 3.11. The summed E-state index contributed by atoms with van der Waals surface area (Å²) >= 11 is 0. The molecule has 3 aromatic rings. The van der Waals surface area contributed by atoms with Gasteiger partial charge < -0.3 is 9.47 Å². The number of halogens is 1. The number of rotatable bonds is 4. The summed E-state index contributed by atoms with van der Waals surface area (Å²) in [6.45, 7) is 8.49. The summed E-state index contributed by atoms with van der Waals surface area (Å²) in [7, 11) is 0. The quantitative estimate of drug-likeness (QED) is 0.686. The van der Waals surface area contributed by atoms with Crippen molar-refractivity contribution >= 4 is 16.8 Å². The Bertz CT molecular complexity index is 969. The number of hydrogen-bond donors (Lipinski definition) is 0. The molecule has 0 aliphatic carbocycles. The van der Waals surface area contributed by atoms with Crippen molar-refractivity contribution in [2.75, 3.05) is 26.2 Å². The van der Waals surface area contributed by atoms with Gasteiger partial charge in [-0.3, -0.25) is 9.69 Å². The third kappa shape index (κ3) is 3.80. The first-order valence-electron chi connectivity index (χ1n) is 9.88. The van der Waals surface area contributed by atoms with E-state index in [9.17, 15) is 9.18 Å². The van der Waals surface area contributed by atoms with Gasteiger partial charge in [0.1, 0.15) is 5.82 Å². The van der Waals surface area contributed by atoms with Crippen LogP contribution in [-0.4, -0.2) is 52.5 Å². The largest absolute Gasteiger partial charge is 0.343 e. The zero-order valence-corrected chi connectivity index (χ0v) is 16.4. The fourth-order valence-corrected chi connectivity index (χ4v) is 3.88. The molecular formula is C23H26FN3O. The second-order valence-corrected chi connectivity index (χ2v) is 7.77. The summed E-state index contributed by atoms with van der Waals surface area (Å²) in [5, 5.41) is 1.05. The molecule has 28 heavy (non-hydrogen) atoms. The number of amides is 1. The molecule has 1 saturated heterocycles. The monoisotopic (exact) mass is 379 g/mol. The molecule has 4 nitrogen and oxygen atoms in total. The van der Waals surface area contributed by atoms with Crippen molar-refractivity contribution < 1.29 is 9.18 Å². The zero-order chi connectivity index (χ0) is 19.7. The summed E-state index contributed by atoms with van der Waals surface area (Å²) in [6.07, 6.45) is 2.02. The molecule has 1 aliphatic heterocycles. The zero-order valence-electron chi connectivity index (χ0n) is 16.4. The van der Waals surface area contributed by atoms with Crippen molar-refractivity contribution in [3.8, 4) is 0 Å². The minimum absolute atomic E-state index is 0.108. The van der Waals surface area contributed by atoms with Gasteiger partial charge in [-0.05, 0) is 55.8 Å². The van der Waals surface area contributed by atoms with Gasteiger partial charge in [-0.1, -0.05) is 12.1 Å². The van der Waals surface area contributed by atoms with Crippen LogP contribution in [0, 0.1) is 5.82 Å². The number of nitrogens with zero attached hydrogens (tertiary/aromatic N) is 3. The van der Waals surface area contributed by atoms with Crippen LogP contribution in [0.25, 0.3) is 10.9 Å². The average molecular weight is 379 g/mol. The Morgan fingerprint density at radius 3 is 2.39 bits per heavy atom. The fourth-order valence-electron chi connectivity index (χ4n) is 3.88. The summed E-state index contributed by atoms with van der Waals surface area (Å²) in [6, 6.07) is 15.0. The van der Waals surface area contributed by atoms with Gasteiger partial charge in [0, 0.05) is 61.4 Å². The van der Waals surface area contributed by atoms with Gasteiger partial charge >= 0.3 is 0 Å². The molecule has 0 atom stereocenters. The van der Waals surface area contributed by atoms with Crippen molar-refractivity contribution in [3.05, 3.63) is 71.7 Å². The molecule has 1 fully saturated rings. The van der Waals surface area contributed by atoms with Crippen molar-refractivity contribution in [2.24, 2.45) is 0 Å². The molecule has 0 saturated carbocycles. The Morgan fingerprint density at radius 1 is 1.00 bits per heavy atom. The Labute approximate surface area is 165 Å². The Morgan fingerprint density at radius 2 is 1.71 bits per heavy atom. The third-order valence-corrected chi connectivity index (χ3v) is 5.62. The van der Waals surface area contributed by atoms with Crippen LogP contribution in [0.3, 0.4) is 0 Å². The molecule has 1 amide bonds. The smallest absolute Gasteiger partial charge is 0.253 e. The summed E-state index contributed by atoms with van der Waals surface area (Å²) in [4.78, 5) is 17.3. The van der Waals surface area contributed by atoms with Crippen LogP contribution in [0.5, 0.6) is 0 Å². The van der Waals surface area contributed by atoms with Crippen molar-refractivity contribution in [3.63, 3.8) is 0 Å². The molecular weight excluding hydrogens is 353 g/mol. The van der Waals surface area contributed by atoms with Gasteiger partial charge in [0.05, 0.1) is 0 Å². The maximum atomic E-state index is 13.1. The molecule has 146 valence electrons. The van der Waals surface area contributed by atoms with E-state index in [1.165, 1.54) is 12.1 Å². The molecule has 1 aromatic heterocycles. The number of benzene rings is 2. The second-order valence-electron chi connectivity index (χ2n) is 7.77. The summed E-state index contributed by atoms with van der Waals surface area (Å²) < 4.78 is 15.2. The highest BCUT2D eigenvalue weighted by atomic mass is 19.1. The molecule has 0 N–H and O–H groups in total. The van der Waals surface area contributed by atoms with E-state index in [1.54, 1.807) is 12.1 Å². The van der Waals surface area contributed by atoms with E-state index in [1.807, 2.05) is 35.4 Å². The first-order chi connectivity index (χ1) is 13.5. The molecule has 2 heterocycles. The lowest BCUT2D eigenvalue weighted by molar-refractivity contribution is 0.0595. The van der Waals surface area contributed by atoms with Gasteiger partial charge in [-0.2, -0.15) is 0 Å². The molecule has 5 heteroatoms. The number of piperazine rings is 1. The minimum Gasteiger partial charge on any atom is -0.343 e. The molecule has 0 spiro atoms. The summed E-state index contributed by atoms with van der Waals surface area (Å²) in [5.74, 6) is -0.116. The van der Waals surface area contributed by atoms with E-state index in [0.29, 0.717) is 12.6 Å². The lowest BCUT2D eigenvalue weighted by Crippen LogP contribution is -2.50. The van der Waals surface area contributed by atoms with Gasteiger partial charge in [0.25, 0.3) is 5.91 Å².